The molecule has 2 heterocycles. The summed E-state index contributed by atoms with van der Waals surface area (Å²) >= 11 is 0. The topological polar surface area (TPSA) is 77.3 Å². The van der Waals surface area contributed by atoms with Crippen molar-refractivity contribution in [3.63, 3.8) is 0 Å². The molecule has 1 unspecified atom stereocenters. The Balaban J connectivity index is 2.08. The Hall–Kier alpha value is -2.21. The number of aromatic nitrogens is 1. The van der Waals surface area contributed by atoms with E-state index in [0.717, 1.165) is 24.1 Å². The van der Waals surface area contributed by atoms with Crippen LogP contribution in [-0.4, -0.2) is 28.7 Å². The molecule has 1 fully saturated rings. The summed E-state index contributed by atoms with van der Waals surface area (Å²) in [7, 11) is 0. The Morgan fingerprint density at radius 1 is 1.45 bits per heavy atom. The summed E-state index contributed by atoms with van der Waals surface area (Å²) in [6.45, 7) is 3.45. The molecule has 104 valence electrons. The van der Waals surface area contributed by atoms with E-state index in [2.05, 4.69) is 17.2 Å². The molecule has 1 aromatic carbocycles. The standard InChI is InChI=1S/C14H15N3O3/c1-14(6-8-20-9-14)16-11-5-7-15-13-10(11)3-2-4-12(13)17(18)19/h2-5,7H,6,8-9H2,1H3,(H,15,16). The maximum Gasteiger partial charge on any atom is 0.295 e. The number of nitrogens with zero attached hydrogens (tertiary/aromatic N) is 2. The summed E-state index contributed by atoms with van der Waals surface area (Å²) in [5.41, 5.74) is 1.15. The molecule has 1 aromatic heterocycles. The number of fused-ring (bicyclic) bond motifs is 1. The highest BCUT2D eigenvalue weighted by Crippen LogP contribution is 2.31. The van der Waals surface area contributed by atoms with Crippen LogP contribution in [0.25, 0.3) is 10.9 Å². The summed E-state index contributed by atoms with van der Waals surface area (Å²) < 4.78 is 5.42. The number of non-ortho nitro benzene ring substituents is 1. The van der Waals surface area contributed by atoms with Gasteiger partial charge < -0.3 is 10.1 Å². The zero-order valence-corrected chi connectivity index (χ0v) is 11.1. The highest BCUT2D eigenvalue weighted by atomic mass is 16.6. The van der Waals surface area contributed by atoms with Crippen molar-refractivity contribution < 1.29 is 9.66 Å². The van der Waals surface area contributed by atoms with Gasteiger partial charge in [0.15, 0.2) is 0 Å². The van der Waals surface area contributed by atoms with E-state index >= 15 is 0 Å². The molecule has 3 rings (SSSR count). The third-order valence-corrected chi connectivity index (χ3v) is 3.60. The fourth-order valence-electron chi connectivity index (χ4n) is 2.51. The average molecular weight is 273 g/mol. The van der Waals surface area contributed by atoms with Crippen LogP contribution in [0.2, 0.25) is 0 Å². The lowest BCUT2D eigenvalue weighted by Gasteiger charge is -2.25. The van der Waals surface area contributed by atoms with E-state index in [0.29, 0.717) is 12.1 Å². The van der Waals surface area contributed by atoms with Gasteiger partial charge in [-0.25, -0.2) is 4.98 Å². The molecule has 0 bridgehead atoms. The monoisotopic (exact) mass is 273 g/mol. The first-order valence-corrected chi connectivity index (χ1v) is 6.47. The normalized spacial score (nSPS) is 22.1. The van der Waals surface area contributed by atoms with E-state index in [9.17, 15) is 10.1 Å². The molecule has 1 N–H and O–H groups in total. The van der Waals surface area contributed by atoms with Crippen LogP contribution in [0.1, 0.15) is 13.3 Å². The predicted octanol–water partition coefficient (Wildman–Crippen LogP) is 2.73. The quantitative estimate of drug-likeness (QED) is 0.687. The zero-order chi connectivity index (χ0) is 14.2. The van der Waals surface area contributed by atoms with E-state index in [-0.39, 0.29) is 11.2 Å². The van der Waals surface area contributed by atoms with Gasteiger partial charge in [-0.15, -0.1) is 0 Å². The van der Waals surface area contributed by atoms with Gasteiger partial charge in [0, 0.05) is 29.9 Å². The van der Waals surface area contributed by atoms with E-state index in [1.807, 2.05) is 12.1 Å². The van der Waals surface area contributed by atoms with Crippen molar-refractivity contribution in [3.05, 3.63) is 40.6 Å². The maximum atomic E-state index is 11.1. The minimum atomic E-state index is -0.403. The number of hydrogen-bond donors (Lipinski definition) is 1. The number of nitro groups is 1. The zero-order valence-electron chi connectivity index (χ0n) is 11.1. The van der Waals surface area contributed by atoms with Crippen LogP contribution in [0.15, 0.2) is 30.5 Å². The van der Waals surface area contributed by atoms with Crippen LogP contribution in [0.4, 0.5) is 11.4 Å². The number of benzene rings is 1. The molecule has 6 heteroatoms. The van der Waals surface area contributed by atoms with E-state index in [4.69, 9.17) is 4.74 Å². The lowest BCUT2D eigenvalue weighted by atomic mass is 10.0. The maximum absolute atomic E-state index is 11.1. The molecule has 6 nitrogen and oxygen atoms in total. The summed E-state index contributed by atoms with van der Waals surface area (Å²) in [5.74, 6) is 0. The Bertz CT molecular complexity index is 666. The fourth-order valence-corrected chi connectivity index (χ4v) is 2.51. The molecule has 0 radical (unpaired) electrons. The molecule has 20 heavy (non-hydrogen) atoms. The van der Waals surface area contributed by atoms with Crippen molar-refractivity contribution in [2.24, 2.45) is 0 Å². The van der Waals surface area contributed by atoms with Gasteiger partial charge in [0.25, 0.3) is 5.69 Å². The van der Waals surface area contributed by atoms with Crippen molar-refractivity contribution in [3.8, 4) is 0 Å². The molecular formula is C14H15N3O3. The number of pyridine rings is 1. The first kappa shape index (κ1) is 12.8. The second kappa shape index (κ2) is 4.72. The average Bonchev–Trinajstić information content (AvgIpc) is 2.85. The summed E-state index contributed by atoms with van der Waals surface area (Å²) in [6.07, 6.45) is 2.50. The Morgan fingerprint density at radius 3 is 3.00 bits per heavy atom. The summed E-state index contributed by atoms with van der Waals surface area (Å²) in [5, 5.41) is 15.3. The molecule has 1 saturated heterocycles. The van der Waals surface area contributed by atoms with Gasteiger partial charge in [0.2, 0.25) is 0 Å². The molecule has 0 amide bonds. The van der Waals surface area contributed by atoms with Crippen LogP contribution >= 0.6 is 0 Å². The number of para-hydroxylation sites is 1. The molecule has 1 aliphatic heterocycles. The lowest BCUT2D eigenvalue weighted by Crippen LogP contribution is -2.35. The van der Waals surface area contributed by atoms with Crippen molar-refractivity contribution in [1.82, 2.24) is 4.98 Å². The predicted molar refractivity (Wildman–Crippen MR) is 75.9 cm³/mol. The Morgan fingerprint density at radius 2 is 2.30 bits per heavy atom. The number of rotatable bonds is 3. The van der Waals surface area contributed by atoms with E-state index in [1.54, 1.807) is 12.3 Å². The summed E-state index contributed by atoms with van der Waals surface area (Å²) in [6, 6.07) is 6.84. The third kappa shape index (κ3) is 2.18. The van der Waals surface area contributed by atoms with Crippen molar-refractivity contribution in [2.75, 3.05) is 18.5 Å². The second-order valence-corrected chi connectivity index (χ2v) is 5.28. The van der Waals surface area contributed by atoms with Gasteiger partial charge in [0.05, 0.1) is 17.1 Å². The highest BCUT2D eigenvalue weighted by molar-refractivity contribution is 5.96. The van der Waals surface area contributed by atoms with Gasteiger partial charge in [-0.3, -0.25) is 10.1 Å². The minimum Gasteiger partial charge on any atom is -0.379 e. The third-order valence-electron chi connectivity index (χ3n) is 3.60. The lowest BCUT2D eigenvalue weighted by molar-refractivity contribution is -0.383. The Labute approximate surface area is 115 Å². The molecule has 0 saturated carbocycles. The minimum absolute atomic E-state index is 0.0268. The molecule has 0 spiro atoms. The second-order valence-electron chi connectivity index (χ2n) is 5.28. The van der Waals surface area contributed by atoms with Gasteiger partial charge in [-0.1, -0.05) is 12.1 Å². The van der Waals surface area contributed by atoms with Gasteiger partial charge >= 0.3 is 0 Å². The highest BCUT2D eigenvalue weighted by Gasteiger charge is 2.30. The van der Waals surface area contributed by atoms with Crippen LogP contribution in [-0.2, 0) is 4.74 Å². The first-order chi connectivity index (χ1) is 9.59. The Kier molecular flexibility index (Phi) is 3.02. The van der Waals surface area contributed by atoms with Crippen molar-refractivity contribution in [1.29, 1.82) is 0 Å². The smallest absolute Gasteiger partial charge is 0.295 e. The van der Waals surface area contributed by atoms with Crippen molar-refractivity contribution in [2.45, 2.75) is 18.9 Å². The fraction of sp³-hybridized carbons (Fsp3) is 0.357. The van der Waals surface area contributed by atoms with Gasteiger partial charge in [-0.05, 0) is 19.4 Å². The number of ether oxygens (including phenoxy) is 1. The van der Waals surface area contributed by atoms with E-state index < -0.39 is 4.92 Å². The molecule has 1 atom stereocenters. The number of hydrogen-bond acceptors (Lipinski definition) is 5. The molecular weight excluding hydrogens is 258 g/mol. The molecule has 0 aliphatic carbocycles. The van der Waals surface area contributed by atoms with Crippen LogP contribution < -0.4 is 5.32 Å². The number of nitro benzene ring substituents is 1. The van der Waals surface area contributed by atoms with Crippen LogP contribution in [0.5, 0.6) is 0 Å². The molecule has 1 aliphatic rings. The summed E-state index contributed by atoms with van der Waals surface area (Å²) in [4.78, 5) is 14.8. The molecule has 2 aromatic rings. The largest absolute Gasteiger partial charge is 0.379 e. The van der Waals surface area contributed by atoms with Crippen molar-refractivity contribution >= 4 is 22.3 Å². The number of nitrogens with one attached hydrogen (secondary N) is 1. The number of anilines is 1. The van der Waals surface area contributed by atoms with Gasteiger partial charge in [-0.2, -0.15) is 0 Å². The SMILES string of the molecule is CC1(Nc2ccnc3c([N+](=O)[O-])cccc23)CCOC1. The van der Waals surface area contributed by atoms with E-state index in [1.165, 1.54) is 6.07 Å². The van der Waals surface area contributed by atoms with Gasteiger partial charge in [0.1, 0.15) is 5.52 Å². The first-order valence-electron chi connectivity index (χ1n) is 6.47. The van der Waals surface area contributed by atoms with Crippen LogP contribution in [0, 0.1) is 10.1 Å². The van der Waals surface area contributed by atoms with Crippen LogP contribution in [0.3, 0.4) is 0 Å².